The Labute approximate surface area is 91.6 Å². The van der Waals surface area contributed by atoms with E-state index in [1.807, 2.05) is 0 Å². The van der Waals surface area contributed by atoms with Gasteiger partial charge in [-0.25, -0.2) is 0 Å². The van der Waals surface area contributed by atoms with Gasteiger partial charge in [-0.15, -0.1) is 0 Å². The minimum Gasteiger partial charge on any atom is -0.346 e. The summed E-state index contributed by atoms with van der Waals surface area (Å²) in [6.07, 6.45) is 5.09. The lowest BCUT2D eigenvalue weighted by atomic mass is 9.82. The van der Waals surface area contributed by atoms with Crippen LogP contribution >= 0.6 is 0 Å². The standard InChI is InChI=1S/C12H21NO2/c1-4-12(7-5-6-8-12)11(15)13-9(2)10(3)14/h9H,4-8H2,1-3H3,(H,13,15). The van der Waals surface area contributed by atoms with E-state index in [0.29, 0.717) is 0 Å². The van der Waals surface area contributed by atoms with E-state index in [9.17, 15) is 9.59 Å². The molecule has 86 valence electrons. The summed E-state index contributed by atoms with van der Waals surface area (Å²) in [5, 5.41) is 2.82. The highest BCUT2D eigenvalue weighted by Crippen LogP contribution is 2.41. The quantitative estimate of drug-likeness (QED) is 0.773. The van der Waals surface area contributed by atoms with Crippen LogP contribution in [0.2, 0.25) is 0 Å². The highest BCUT2D eigenvalue weighted by Gasteiger charge is 2.39. The Bertz CT molecular complexity index is 254. The average molecular weight is 211 g/mol. The van der Waals surface area contributed by atoms with E-state index in [1.165, 1.54) is 6.92 Å². The minimum absolute atomic E-state index is 0.0209. The largest absolute Gasteiger partial charge is 0.346 e. The number of hydrogen-bond donors (Lipinski definition) is 1. The third-order valence-electron chi connectivity index (χ3n) is 3.68. The molecular weight excluding hydrogens is 190 g/mol. The lowest BCUT2D eigenvalue weighted by Gasteiger charge is -2.27. The van der Waals surface area contributed by atoms with Crippen molar-refractivity contribution in [2.75, 3.05) is 0 Å². The zero-order valence-corrected chi connectivity index (χ0v) is 9.93. The van der Waals surface area contributed by atoms with Crippen LogP contribution in [0.3, 0.4) is 0 Å². The first kappa shape index (κ1) is 12.2. The monoisotopic (exact) mass is 211 g/mol. The van der Waals surface area contributed by atoms with Crippen LogP contribution < -0.4 is 5.32 Å². The van der Waals surface area contributed by atoms with Crippen molar-refractivity contribution in [2.24, 2.45) is 5.41 Å². The molecule has 0 aromatic heterocycles. The molecule has 0 bridgehead atoms. The molecule has 0 radical (unpaired) electrons. The Morgan fingerprint density at radius 3 is 2.27 bits per heavy atom. The Morgan fingerprint density at radius 2 is 1.87 bits per heavy atom. The van der Waals surface area contributed by atoms with Crippen molar-refractivity contribution in [3.05, 3.63) is 0 Å². The van der Waals surface area contributed by atoms with Crippen LogP contribution in [-0.2, 0) is 9.59 Å². The number of amides is 1. The summed E-state index contributed by atoms with van der Waals surface area (Å²) in [5.74, 6) is 0.0952. The highest BCUT2D eigenvalue weighted by atomic mass is 16.2. The van der Waals surface area contributed by atoms with Crippen molar-refractivity contribution < 1.29 is 9.59 Å². The lowest BCUT2D eigenvalue weighted by Crippen LogP contribution is -2.45. The summed E-state index contributed by atoms with van der Waals surface area (Å²) in [6.45, 7) is 5.32. The summed E-state index contributed by atoms with van der Waals surface area (Å²) < 4.78 is 0. The van der Waals surface area contributed by atoms with E-state index in [0.717, 1.165) is 32.1 Å². The number of Topliss-reactive ketones (excluding diaryl/α,β-unsaturated/α-hetero) is 1. The maximum absolute atomic E-state index is 12.0. The number of carbonyl (C=O) groups excluding carboxylic acids is 2. The molecule has 0 saturated heterocycles. The predicted molar refractivity (Wildman–Crippen MR) is 59.5 cm³/mol. The topological polar surface area (TPSA) is 46.2 Å². The van der Waals surface area contributed by atoms with Crippen molar-refractivity contribution in [1.29, 1.82) is 0 Å². The van der Waals surface area contributed by atoms with Gasteiger partial charge < -0.3 is 5.32 Å². The first-order valence-corrected chi connectivity index (χ1v) is 5.83. The first-order valence-electron chi connectivity index (χ1n) is 5.83. The Kier molecular flexibility index (Phi) is 3.89. The van der Waals surface area contributed by atoms with Crippen LogP contribution in [-0.4, -0.2) is 17.7 Å². The van der Waals surface area contributed by atoms with Gasteiger partial charge in [0.15, 0.2) is 5.78 Å². The van der Waals surface area contributed by atoms with Gasteiger partial charge in [0.05, 0.1) is 6.04 Å². The number of hydrogen-bond acceptors (Lipinski definition) is 2. The van der Waals surface area contributed by atoms with Gasteiger partial charge in [-0.3, -0.25) is 9.59 Å². The molecule has 0 aromatic carbocycles. The predicted octanol–water partition coefficient (Wildman–Crippen LogP) is 2.05. The van der Waals surface area contributed by atoms with Gasteiger partial charge in [-0.1, -0.05) is 19.8 Å². The minimum atomic E-state index is -0.346. The fraction of sp³-hybridized carbons (Fsp3) is 0.833. The van der Waals surface area contributed by atoms with Crippen LogP contribution in [0.4, 0.5) is 0 Å². The highest BCUT2D eigenvalue weighted by molar-refractivity contribution is 5.89. The molecule has 1 saturated carbocycles. The molecular formula is C12H21NO2. The van der Waals surface area contributed by atoms with Crippen LogP contribution in [0.1, 0.15) is 52.9 Å². The molecule has 15 heavy (non-hydrogen) atoms. The van der Waals surface area contributed by atoms with Gasteiger partial charge in [0.25, 0.3) is 0 Å². The second-order valence-electron chi connectivity index (χ2n) is 4.65. The molecule has 1 unspecified atom stereocenters. The number of carbonyl (C=O) groups is 2. The summed E-state index contributed by atoms with van der Waals surface area (Å²) in [5.41, 5.74) is -0.191. The van der Waals surface area contributed by atoms with Gasteiger partial charge in [-0.2, -0.15) is 0 Å². The molecule has 1 aliphatic carbocycles. The molecule has 1 rings (SSSR count). The van der Waals surface area contributed by atoms with E-state index in [-0.39, 0.29) is 23.1 Å². The number of ketones is 1. The SMILES string of the molecule is CCC1(C(=O)NC(C)C(C)=O)CCCC1. The van der Waals surface area contributed by atoms with Crippen LogP contribution in [0.25, 0.3) is 0 Å². The smallest absolute Gasteiger partial charge is 0.226 e. The number of rotatable bonds is 4. The van der Waals surface area contributed by atoms with Crippen molar-refractivity contribution in [2.45, 2.75) is 58.9 Å². The Hall–Kier alpha value is -0.860. The molecule has 3 nitrogen and oxygen atoms in total. The molecule has 0 aliphatic heterocycles. The van der Waals surface area contributed by atoms with E-state index in [4.69, 9.17) is 0 Å². The van der Waals surface area contributed by atoms with Gasteiger partial charge in [0, 0.05) is 5.41 Å². The van der Waals surface area contributed by atoms with Gasteiger partial charge in [-0.05, 0) is 33.1 Å². The molecule has 0 aromatic rings. The molecule has 1 fully saturated rings. The zero-order chi connectivity index (χ0) is 11.5. The molecule has 1 N–H and O–H groups in total. The molecule has 0 heterocycles. The van der Waals surface area contributed by atoms with E-state index in [1.54, 1.807) is 6.92 Å². The molecule has 1 atom stereocenters. The van der Waals surface area contributed by atoms with Crippen molar-refractivity contribution in [3.63, 3.8) is 0 Å². The molecule has 0 spiro atoms. The summed E-state index contributed by atoms with van der Waals surface area (Å²) in [7, 11) is 0. The fourth-order valence-corrected chi connectivity index (χ4v) is 2.24. The molecule has 1 aliphatic rings. The maximum atomic E-state index is 12.0. The van der Waals surface area contributed by atoms with Crippen LogP contribution in [0.15, 0.2) is 0 Å². The van der Waals surface area contributed by atoms with Crippen molar-refractivity contribution in [3.8, 4) is 0 Å². The summed E-state index contributed by atoms with van der Waals surface area (Å²) in [6, 6.07) is -0.346. The van der Waals surface area contributed by atoms with Crippen molar-refractivity contribution in [1.82, 2.24) is 5.32 Å². The summed E-state index contributed by atoms with van der Waals surface area (Å²) in [4.78, 5) is 23.1. The Balaban J connectivity index is 2.62. The molecule has 1 amide bonds. The second-order valence-corrected chi connectivity index (χ2v) is 4.65. The third kappa shape index (κ3) is 2.58. The van der Waals surface area contributed by atoms with E-state index >= 15 is 0 Å². The third-order valence-corrected chi connectivity index (χ3v) is 3.68. The summed E-state index contributed by atoms with van der Waals surface area (Å²) >= 11 is 0. The normalized spacial score (nSPS) is 21.0. The second kappa shape index (κ2) is 4.77. The zero-order valence-electron chi connectivity index (χ0n) is 9.93. The lowest BCUT2D eigenvalue weighted by molar-refractivity contribution is -0.134. The number of nitrogens with one attached hydrogen (secondary N) is 1. The van der Waals surface area contributed by atoms with Crippen molar-refractivity contribution >= 4 is 11.7 Å². The van der Waals surface area contributed by atoms with Crippen LogP contribution in [0, 0.1) is 5.41 Å². The molecule has 3 heteroatoms. The first-order chi connectivity index (χ1) is 7.02. The van der Waals surface area contributed by atoms with E-state index < -0.39 is 0 Å². The van der Waals surface area contributed by atoms with E-state index in [2.05, 4.69) is 12.2 Å². The fourth-order valence-electron chi connectivity index (χ4n) is 2.24. The van der Waals surface area contributed by atoms with Crippen LogP contribution in [0.5, 0.6) is 0 Å². The maximum Gasteiger partial charge on any atom is 0.226 e. The van der Waals surface area contributed by atoms with Gasteiger partial charge in [0.2, 0.25) is 5.91 Å². The van der Waals surface area contributed by atoms with Gasteiger partial charge >= 0.3 is 0 Å². The average Bonchev–Trinajstić information content (AvgIpc) is 2.66. The van der Waals surface area contributed by atoms with Gasteiger partial charge in [0.1, 0.15) is 0 Å². The Morgan fingerprint density at radius 1 is 1.33 bits per heavy atom.